The van der Waals surface area contributed by atoms with Crippen LogP contribution < -0.4 is 16.6 Å². The Balaban J connectivity index is 3.03. The van der Waals surface area contributed by atoms with E-state index in [1.54, 1.807) is 5.32 Å². The smallest absolute Gasteiger partial charge is 0.343 e. The maximum absolute atomic E-state index is 12.0. The van der Waals surface area contributed by atoms with E-state index >= 15 is 0 Å². The Labute approximate surface area is 104 Å². The maximum Gasteiger partial charge on any atom is 0.405 e. The molecule has 0 aliphatic rings. The molecule has 1 aromatic carbocycles. The van der Waals surface area contributed by atoms with Crippen LogP contribution >= 0.6 is 0 Å². The molecule has 4 N–H and O–H groups in total. The Kier molecular flexibility index (Phi) is 4.27. The third-order valence-electron chi connectivity index (χ3n) is 2.08. The number of nitro groups is 1. The van der Waals surface area contributed by atoms with Gasteiger partial charge in [0.2, 0.25) is 0 Å². The zero-order valence-corrected chi connectivity index (χ0v) is 9.32. The van der Waals surface area contributed by atoms with E-state index in [9.17, 15) is 28.1 Å². The fourth-order valence-electron chi connectivity index (χ4n) is 1.31. The van der Waals surface area contributed by atoms with Crippen LogP contribution in [0.5, 0.6) is 0 Å². The second-order valence-corrected chi connectivity index (χ2v) is 3.40. The fourth-order valence-corrected chi connectivity index (χ4v) is 1.31. The molecular weight excluding hydrogens is 269 g/mol. The quantitative estimate of drug-likeness (QED) is 0.435. The number of carbonyl (C=O) groups excluding carboxylic acids is 1. The molecule has 0 bridgehead atoms. The first-order chi connectivity index (χ1) is 8.76. The number of anilines is 1. The summed E-state index contributed by atoms with van der Waals surface area (Å²) in [4.78, 5) is 21.4. The second-order valence-electron chi connectivity index (χ2n) is 3.40. The lowest BCUT2D eigenvalue weighted by Gasteiger charge is -2.11. The molecule has 0 heterocycles. The minimum Gasteiger partial charge on any atom is -0.343 e. The molecule has 0 aliphatic carbocycles. The molecule has 0 atom stereocenters. The Morgan fingerprint density at radius 2 is 2.05 bits per heavy atom. The van der Waals surface area contributed by atoms with Crippen molar-refractivity contribution >= 4 is 17.3 Å². The van der Waals surface area contributed by atoms with Gasteiger partial charge in [0.15, 0.2) is 0 Å². The first-order valence-corrected chi connectivity index (χ1v) is 4.85. The Morgan fingerprint density at radius 1 is 1.42 bits per heavy atom. The van der Waals surface area contributed by atoms with Crippen LogP contribution in [-0.4, -0.2) is 23.6 Å². The normalized spacial score (nSPS) is 10.9. The summed E-state index contributed by atoms with van der Waals surface area (Å²) in [7, 11) is 0. The van der Waals surface area contributed by atoms with Crippen molar-refractivity contribution in [3.8, 4) is 0 Å². The molecule has 0 radical (unpaired) electrons. The van der Waals surface area contributed by atoms with Crippen molar-refractivity contribution in [2.75, 3.05) is 12.0 Å². The van der Waals surface area contributed by atoms with Crippen molar-refractivity contribution < 1.29 is 22.9 Å². The van der Waals surface area contributed by atoms with Gasteiger partial charge in [-0.3, -0.25) is 20.8 Å². The van der Waals surface area contributed by atoms with Crippen molar-refractivity contribution in [3.63, 3.8) is 0 Å². The van der Waals surface area contributed by atoms with Crippen LogP contribution in [0.25, 0.3) is 0 Å². The van der Waals surface area contributed by atoms with Gasteiger partial charge in [-0.05, 0) is 6.07 Å². The van der Waals surface area contributed by atoms with E-state index in [4.69, 9.17) is 5.84 Å². The Bertz CT molecular complexity index is 504. The van der Waals surface area contributed by atoms with E-state index in [2.05, 4.69) is 0 Å². The highest BCUT2D eigenvalue weighted by atomic mass is 19.4. The van der Waals surface area contributed by atoms with E-state index in [0.29, 0.717) is 0 Å². The number of benzene rings is 1. The fraction of sp³-hybridized carbons (Fsp3) is 0.222. The molecule has 10 heteroatoms. The summed E-state index contributed by atoms with van der Waals surface area (Å²) in [5.74, 6) is 3.94. The number of carbonyl (C=O) groups is 1. The number of hydrazine groups is 1. The zero-order chi connectivity index (χ0) is 14.6. The number of nitrogens with zero attached hydrogens (tertiary/aromatic N) is 1. The molecule has 0 saturated heterocycles. The highest BCUT2D eigenvalue weighted by Gasteiger charge is 2.29. The number of alkyl halides is 3. The third kappa shape index (κ3) is 3.81. The van der Waals surface area contributed by atoms with Gasteiger partial charge in [-0.25, -0.2) is 0 Å². The van der Waals surface area contributed by atoms with Crippen molar-refractivity contribution in [3.05, 3.63) is 33.9 Å². The van der Waals surface area contributed by atoms with Gasteiger partial charge in [-0.15, -0.1) is 0 Å². The van der Waals surface area contributed by atoms with Gasteiger partial charge in [0, 0.05) is 6.07 Å². The standard InChI is InChI=1S/C9H9F3N4O3/c10-9(11,12)4-14-8(17)5-2-1-3-6(16(18)19)7(5)15-13/h1-3,15H,4,13H2,(H,14,17). The minimum atomic E-state index is -4.58. The second kappa shape index (κ2) is 5.52. The molecule has 1 rings (SSSR count). The summed E-state index contributed by atoms with van der Waals surface area (Å²) in [5, 5.41) is 12.3. The summed E-state index contributed by atoms with van der Waals surface area (Å²) in [6.45, 7) is -1.54. The number of para-hydroxylation sites is 1. The molecule has 0 aliphatic heterocycles. The highest BCUT2D eigenvalue weighted by Crippen LogP contribution is 2.27. The van der Waals surface area contributed by atoms with Crippen LogP contribution in [0.3, 0.4) is 0 Å². The topological polar surface area (TPSA) is 110 Å². The van der Waals surface area contributed by atoms with Crippen LogP contribution in [0.2, 0.25) is 0 Å². The SMILES string of the molecule is NNc1c(C(=O)NCC(F)(F)F)cccc1[N+](=O)[O-]. The molecule has 1 aromatic rings. The van der Waals surface area contributed by atoms with Gasteiger partial charge < -0.3 is 10.7 Å². The predicted octanol–water partition coefficient (Wildman–Crippen LogP) is 1.17. The third-order valence-corrected chi connectivity index (χ3v) is 2.08. The van der Waals surface area contributed by atoms with Gasteiger partial charge in [-0.1, -0.05) is 6.07 Å². The Morgan fingerprint density at radius 3 is 2.53 bits per heavy atom. The van der Waals surface area contributed by atoms with Crippen molar-refractivity contribution in [2.24, 2.45) is 5.84 Å². The van der Waals surface area contributed by atoms with Crippen LogP contribution in [0.1, 0.15) is 10.4 Å². The molecule has 0 spiro atoms. The van der Waals surface area contributed by atoms with E-state index in [-0.39, 0.29) is 11.3 Å². The van der Waals surface area contributed by atoms with E-state index in [1.807, 2.05) is 5.43 Å². The zero-order valence-electron chi connectivity index (χ0n) is 9.32. The lowest BCUT2D eigenvalue weighted by atomic mass is 10.1. The largest absolute Gasteiger partial charge is 0.405 e. The molecule has 7 nitrogen and oxygen atoms in total. The van der Waals surface area contributed by atoms with Crippen molar-refractivity contribution in [1.82, 2.24) is 5.32 Å². The number of rotatable bonds is 4. The molecule has 0 saturated carbocycles. The number of hydrogen-bond donors (Lipinski definition) is 3. The lowest BCUT2D eigenvalue weighted by molar-refractivity contribution is -0.384. The van der Waals surface area contributed by atoms with Crippen LogP contribution in [0.4, 0.5) is 24.5 Å². The van der Waals surface area contributed by atoms with E-state index in [1.165, 1.54) is 6.07 Å². The molecule has 104 valence electrons. The summed E-state index contributed by atoms with van der Waals surface area (Å²) in [5.41, 5.74) is 0.727. The molecule has 19 heavy (non-hydrogen) atoms. The molecule has 0 aromatic heterocycles. The predicted molar refractivity (Wildman–Crippen MR) is 59.3 cm³/mol. The monoisotopic (exact) mass is 278 g/mol. The summed E-state index contributed by atoms with van der Waals surface area (Å²) in [6.07, 6.45) is -4.58. The van der Waals surface area contributed by atoms with Gasteiger partial charge in [-0.2, -0.15) is 13.2 Å². The van der Waals surface area contributed by atoms with Crippen LogP contribution in [0, 0.1) is 10.1 Å². The molecule has 0 fully saturated rings. The highest BCUT2D eigenvalue weighted by molar-refractivity contribution is 6.01. The Hall–Kier alpha value is -2.36. The van der Waals surface area contributed by atoms with Gasteiger partial charge in [0.05, 0.1) is 10.5 Å². The summed E-state index contributed by atoms with van der Waals surface area (Å²) >= 11 is 0. The van der Waals surface area contributed by atoms with Crippen LogP contribution in [-0.2, 0) is 0 Å². The number of hydrogen-bond acceptors (Lipinski definition) is 5. The van der Waals surface area contributed by atoms with E-state index < -0.39 is 29.2 Å². The van der Waals surface area contributed by atoms with Gasteiger partial charge in [0.1, 0.15) is 12.2 Å². The van der Waals surface area contributed by atoms with Gasteiger partial charge >= 0.3 is 6.18 Å². The average molecular weight is 278 g/mol. The number of nitro benzene ring substituents is 1. The van der Waals surface area contributed by atoms with Crippen molar-refractivity contribution in [1.29, 1.82) is 0 Å². The molecular formula is C9H9F3N4O3. The lowest BCUT2D eigenvalue weighted by Crippen LogP contribution is -2.34. The maximum atomic E-state index is 12.0. The van der Waals surface area contributed by atoms with E-state index in [0.717, 1.165) is 12.1 Å². The minimum absolute atomic E-state index is 0.346. The number of nitrogens with two attached hydrogens (primary N) is 1. The molecule has 1 amide bonds. The number of amides is 1. The first kappa shape index (κ1) is 14.7. The van der Waals surface area contributed by atoms with Crippen LogP contribution in [0.15, 0.2) is 18.2 Å². The number of nitrogens with one attached hydrogen (secondary N) is 2. The summed E-state index contributed by atoms with van der Waals surface area (Å²) in [6, 6.07) is 3.35. The summed E-state index contributed by atoms with van der Waals surface area (Å²) < 4.78 is 35.9. The molecule has 0 unspecified atom stereocenters. The first-order valence-electron chi connectivity index (χ1n) is 4.85. The van der Waals surface area contributed by atoms with Crippen molar-refractivity contribution in [2.45, 2.75) is 6.18 Å². The number of halogens is 3. The van der Waals surface area contributed by atoms with Gasteiger partial charge in [0.25, 0.3) is 11.6 Å². The number of nitrogen functional groups attached to an aromatic ring is 1. The average Bonchev–Trinajstić information content (AvgIpc) is 2.33.